The summed E-state index contributed by atoms with van der Waals surface area (Å²) in [5.74, 6) is 1.22. The number of carbonyl (C=O) groups is 1. The fourth-order valence-corrected chi connectivity index (χ4v) is 2.81. The van der Waals surface area contributed by atoms with E-state index in [-0.39, 0.29) is 18.3 Å². The highest BCUT2D eigenvalue weighted by molar-refractivity contribution is 7.98. The van der Waals surface area contributed by atoms with Gasteiger partial charge < -0.3 is 15.4 Å². The normalized spacial score (nSPS) is 18.9. The molecule has 0 aliphatic carbocycles. The molecule has 2 rings (SSSR count). The van der Waals surface area contributed by atoms with Gasteiger partial charge in [0.05, 0.1) is 0 Å². The zero-order valence-electron chi connectivity index (χ0n) is 13.1. The van der Waals surface area contributed by atoms with Crippen molar-refractivity contribution in [2.24, 2.45) is 5.92 Å². The Bertz CT molecular complexity index is 450. The standard InChI is InChI=1S/C16H24N2O2S.ClH/c1-12(20-14-5-7-15(21-2)8-6-14)16(19)18-11-13-4-3-9-17-10-13;/h5-8,12-13,17H,3-4,9-11H2,1-2H3,(H,18,19);1H. The van der Waals surface area contributed by atoms with E-state index < -0.39 is 6.10 Å². The molecule has 0 radical (unpaired) electrons. The molecule has 0 spiro atoms. The van der Waals surface area contributed by atoms with E-state index in [9.17, 15) is 4.79 Å². The topological polar surface area (TPSA) is 50.4 Å². The molecular weight excluding hydrogens is 320 g/mol. The maximum absolute atomic E-state index is 12.1. The number of hydrogen-bond acceptors (Lipinski definition) is 4. The number of hydrogen-bond donors (Lipinski definition) is 2. The average molecular weight is 345 g/mol. The largest absolute Gasteiger partial charge is 0.481 e. The van der Waals surface area contributed by atoms with Crippen LogP contribution in [0.15, 0.2) is 29.2 Å². The van der Waals surface area contributed by atoms with Crippen molar-refractivity contribution in [1.29, 1.82) is 0 Å². The van der Waals surface area contributed by atoms with Crippen LogP contribution in [0.1, 0.15) is 19.8 Å². The lowest BCUT2D eigenvalue weighted by Crippen LogP contribution is -2.42. The summed E-state index contributed by atoms with van der Waals surface area (Å²) in [5, 5.41) is 6.34. The van der Waals surface area contributed by atoms with Crippen molar-refractivity contribution in [3.8, 4) is 5.75 Å². The van der Waals surface area contributed by atoms with E-state index >= 15 is 0 Å². The van der Waals surface area contributed by atoms with Crippen LogP contribution in [-0.4, -0.2) is 37.9 Å². The zero-order chi connectivity index (χ0) is 15.1. The molecule has 2 N–H and O–H groups in total. The Morgan fingerprint density at radius 3 is 2.77 bits per heavy atom. The summed E-state index contributed by atoms with van der Waals surface area (Å²) in [5.41, 5.74) is 0. The molecule has 0 saturated carbocycles. The first-order valence-electron chi connectivity index (χ1n) is 7.48. The van der Waals surface area contributed by atoms with Gasteiger partial charge in [0.25, 0.3) is 5.91 Å². The predicted octanol–water partition coefficient (Wildman–Crippen LogP) is 2.71. The van der Waals surface area contributed by atoms with Crippen LogP contribution in [0, 0.1) is 5.92 Å². The smallest absolute Gasteiger partial charge is 0.260 e. The molecule has 1 aromatic rings. The van der Waals surface area contributed by atoms with Crippen molar-refractivity contribution in [2.75, 3.05) is 25.9 Å². The molecule has 2 atom stereocenters. The Kier molecular flexibility index (Phi) is 8.68. The molecule has 1 fully saturated rings. The quantitative estimate of drug-likeness (QED) is 0.779. The van der Waals surface area contributed by atoms with Crippen molar-refractivity contribution in [3.63, 3.8) is 0 Å². The second kappa shape index (κ2) is 9.98. The second-order valence-electron chi connectivity index (χ2n) is 5.39. The average Bonchev–Trinajstić information content (AvgIpc) is 2.54. The Hall–Kier alpha value is -0.910. The van der Waals surface area contributed by atoms with Crippen LogP contribution in [0.2, 0.25) is 0 Å². The third-order valence-electron chi connectivity index (χ3n) is 3.71. The van der Waals surface area contributed by atoms with Crippen LogP contribution in [0.4, 0.5) is 0 Å². The molecule has 1 amide bonds. The number of piperidine rings is 1. The molecule has 22 heavy (non-hydrogen) atoms. The molecule has 1 aromatic carbocycles. The van der Waals surface area contributed by atoms with Gasteiger partial charge in [0.2, 0.25) is 0 Å². The maximum Gasteiger partial charge on any atom is 0.260 e. The van der Waals surface area contributed by atoms with E-state index in [1.165, 1.54) is 17.7 Å². The molecule has 2 unspecified atom stereocenters. The predicted molar refractivity (Wildman–Crippen MR) is 94.2 cm³/mol. The van der Waals surface area contributed by atoms with E-state index in [0.717, 1.165) is 25.4 Å². The minimum Gasteiger partial charge on any atom is -0.481 e. The van der Waals surface area contributed by atoms with E-state index in [0.29, 0.717) is 5.92 Å². The van der Waals surface area contributed by atoms with Gasteiger partial charge in [-0.3, -0.25) is 4.79 Å². The van der Waals surface area contributed by atoms with E-state index in [2.05, 4.69) is 10.6 Å². The van der Waals surface area contributed by atoms with E-state index in [1.807, 2.05) is 30.5 Å². The fourth-order valence-electron chi connectivity index (χ4n) is 2.40. The summed E-state index contributed by atoms with van der Waals surface area (Å²) in [6.45, 7) is 4.60. The lowest BCUT2D eigenvalue weighted by molar-refractivity contribution is -0.127. The van der Waals surface area contributed by atoms with Gasteiger partial charge >= 0.3 is 0 Å². The Morgan fingerprint density at radius 2 is 2.18 bits per heavy atom. The van der Waals surface area contributed by atoms with Crippen molar-refractivity contribution in [1.82, 2.24) is 10.6 Å². The molecule has 1 aliphatic heterocycles. The maximum atomic E-state index is 12.1. The minimum absolute atomic E-state index is 0. The number of ether oxygens (including phenoxy) is 1. The van der Waals surface area contributed by atoms with Crippen molar-refractivity contribution < 1.29 is 9.53 Å². The first kappa shape index (κ1) is 19.1. The van der Waals surface area contributed by atoms with Gasteiger partial charge in [-0.25, -0.2) is 0 Å². The Labute approximate surface area is 143 Å². The van der Waals surface area contributed by atoms with Gasteiger partial charge in [-0.2, -0.15) is 0 Å². The SMILES string of the molecule is CSc1ccc(OC(C)C(=O)NCC2CCCNC2)cc1.Cl. The Balaban J connectivity index is 0.00000242. The first-order valence-corrected chi connectivity index (χ1v) is 8.70. The second-order valence-corrected chi connectivity index (χ2v) is 6.27. The van der Waals surface area contributed by atoms with Crippen LogP contribution in [0.25, 0.3) is 0 Å². The third kappa shape index (κ3) is 6.07. The summed E-state index contributed by atoms with van der Waals surface area (Å²) < 4.78 is 5.68. The number of nitrogens with one attached hydrogen (secondary N) is 2. The minimum atomic E-state index is -0.471. The lowest BCUT2D eigenvalue weighted by Gasteiger charge is -2.23. The highest BCUT2D eigenvalue weighted by Crippen LogP contribution is 2.19. The molecule has 0 bridgehead atoms. The van der Waals surface area contributed by atoms with Crippen molar-refractivity contribution in [3.05, 3.63) is 24.3 Å². The van der Waals surface area contributed by atoms with Gasteiger partial charge in [0, 0.05) is 11.4 Å². The van der Waals surface area contributed by atoms with Crippen LogP contribution >= 0.6 is 24.2 Å². The number of thioether (sulfide) groups is 1. The van der Waals surface area contributed by atoms with Crippen LogP contribution in [-0.2, 0) is 4.79 Å². The van der Waals surface area contributed by atoms with Crippen LogP contribution in [0.3, 0.4) is 0 Å². The molecule has 1 heterocycles. The summed E-state index contributed by atoms with van der Waals surface area (Å²) in [6.07, 6.45) is 3.93. The highest BCUT2D eigenvalue weighted by atomic mass is 35.5. The van der Waals surface area contributed by atoms with Crippen LogP contribution in [0.5, 0.6) is 5.75 Å². The molecular formula is C16H25ClN2O2S. The molecule has 6 heteroatoms. The van der Waals surface area contributed by atoms with E-state index in [1.54, 1.807) is 18.7 Å². The molecule has 4 nitrogen and oxygen atoms in total. The molecule has 0 aromatic heterocycles. The number of rotatable bonds is 6. The summed E-state index contributed by atoms with van der Waals surface area (Å²) in [4.78, 5) is 13.2. The number of carbonyl (C=O) groups excluding carboxylic acids is 1. The van der Waals surface area contributed by atoms with Crippen molar-refractivity contribution >= 4 is 30.1 Å². The zero-order valence-corrected chi connectivity index (χ0v) is 14.8. The van der Waals surface area contributed by atoms with Gasteiger partial charge in [-0.05, 0) is 69.3 Å². The van der Waals surface area contributed by atoms with Gasteiger partial charge in [0.15, 0.2) is 6.10 Å². The summed E-state index contributed by atoms with van der Waals surface area (Å²) >= 11 is 1.69. The van der Waals surface area contributed by atoms with Crippen LogP contribution < -0.4 is 15.4 Å². The Morgan fingerprint density at radius 1 is 1.45 bits per heavy atom. The number of amides is 1. The number of halogens is 1. The van der Waals surface area contributed by atoms with E-state index in [4.69, 9.17) is 4.74 Å². The third-order valence-corrected chi connectivity index (χ3v) is 4.45. The fraction of sp³-hybridized carbons (Fsp3) is 0.562. The summed E-state index contributed by atoms with van der Waals surface area (Å²) in [7, 11) is 0. The number of benzene rings is 1. The molecule has 124 valence electrons. The molecule has 1 aliphatic rings. The van der Waals surface area contributed by atoms with Crippen molar-refractivity contribution in [2.45, 2.75) is 30.8 Å². The van der Waals surface area contributed by atoms with Gasteiger partial charge in [-0.1, -0.05) is 0 Å². The lowest BCUT2D eigenvalue weighted by atomic mass is 10.00. The summed E-state index contributed by atoms with van der Waals surface area (Å²) in [6, 6.07) is 7.80. The molecule has 1 saturated heterocycles. The highest BCUT2D eigenvalue weighted by Gasteiger charge is 2.18. The van der Waals surface area contributed by atoms with Gasteiger partial charge in [-0.15, -0.1) is 24.2 Å². The first-order chi connectivity index (χ1) is 10.2. The van der Waals surface area contributed by atoms with Gasteiger partial charge in [0.1, 0.15) is 5.75 Å². The monoisotopic (exact) mass is 344 g/mol.